The predicted octanol–water partition coefficient (Wildman–Crippen LogP) is 2.18. The molecule has 29 heavy (non-hydrogen) atoms. The molecule has 1 aromatic heterocycles. The number of rotatable bonds is 5. The molecule has 2 heterocycles. The average Bonchev–Trinajstić information content (AvgIpc) is 3.23. The van der Waals surface area contributed by atoms with E-state index in [1.54, 1.807) is 18.2 Å². The SMILES string of the molecule is CC(c1cccc(C(=O)c2ccccc2)c1)c1nnc(NC2=NCC(O)CN2)o1. The van der Waals surface area contributed by atoms with Crippen molar-refractivity contribution in [3.63, 3.8) is 0 Å². The van der Waals surface area contributed by atoms with E-state index in [9.17, 15) is 9.90 Å². The third kappa shape index (κ3) is 4.33. The number of benzene rings is 2. The van der Waals surface area contributed by atoms with Gasteiger partial charge in [-0.3, -0.25) is 15.1 Å². The lowest BCUT2D eigenvalue weighted by Gasteiger charge is -2.18. The Labute approximate surface area is 167 Å². The van der Waals surface area contributed by atoms with E-state index in [2.05, 4.69) is 25.8 Å². The fraction of sp³-hybridized carbons (Fsp3) is 0.238. The van der Waals surface area contributed by atoms with E-state index >= 15 is 0 Å². The third-order valence-electron chi connectivity index (χ3n) is 4.69. The summed E-state index contributed by atoms with van der Waals surface area (Å²) in [6.07, 6.45) is -0.496. The van der Waals surface area contributed by atoms with Crippen LogP contribution >= 0.6 is 0 Å². The maximum Gasteiger partial charge on any atom is 0.322 e. The van der Waals surface area contributed by atoms with E-state index in [1.807, 2.05) is 43.3 Å². The Hall–Kier alpha value is -3.52. The summed E-state index contributed by atoms with van der Waals surface area (Å²) in [6, 6.07) is 16.8. The van der Waals surface area contributed by atoms with E-state index in [0.717, 1.165) is 5.56 Å². The van der Waals surface area contributed by atoms with Crippen LogP contribution in [0, 0.1) is 0 Å². The van der Waals surface area contributed by atoms with Gasteiger partial charge in [0.25, 0.3) is 0 Å². The Morgan fingerprint density at radius 1 is 1.17 bits per heavy atom. The molecule has 0 amide bonds. The van der Waals surface area contributed by atoms with Gasteiger partial charge in [0.2, 0.25) is 5.89 Å². The summed E-state index contributed by atoms with van der Waals surface area (Å²) < 4.78 is 5.71. The number of hydrogen-bond acceptors (Lipinski definition) is 8. The quantitative estimate of drug-likeness (QED) is 0.572. The summed E-state index contributed by atoms with van der Waals surface area (Å²) >= 11 is 0. The van der Waals surface area contributed by atoms with Crippen LogP contribution in [0.2, 0.25) is 0 Å². The number of hydrogen-bond donors (Lipinski definition) is 3. The highest BCUT2D eigenvalue weighted by molar-refractivity contribution is 6.09. The van der Waals surface area contributed by atoms with Gasteiger partial charge < -0.3 is 14.8 Å². The number of carbonyl (C=O) groups excluding carboxylic acids is 1. The number of aliphatic hydroxyl groups excluding tert-OH is 1. The predicted molar refractivity (Wildman–Crippen MR) is 108 cm³/mol. The first-order chi connectivity index (χ1) is 14.1. The zero-order valence-corrected chi connectivity index (χ0v) is 15.9. The molecule has 3 N–H and O–H groups in total. The van der Waals surface area contributed by atoms with Crippen LogP contribution in [0.5, 0.6) is 0 Å². The van der Waals surface area contributed by atoms with Crippen molar-refractivity contribution in [2.24, 2.45) is 4.99 Å². The smallest absolute Gasteiger partial charge is 0.322 e. The van der Waals surface area contributed by atoms with Crippen molar-refractivity contribution in [2.75, 3.05) is 18.4 Å². The Balaban J connectivity index is 1.49. The van der Waals surface area contributed by atoms with Crippen LogP contribution in [-0.4, -0.2) is 46.2 Å². The zero-order chi connectivity index (χ0) is 20.2. The first kappa shape index (κ1) is 18.8. The lowest BCUT2D eigenvalue weighted by molar-refractivity contribution is 0.103. The largest absolute Gasteiger partial charge is 0.407 e. The normalized spacial score (nSPS) is 17.2. The second-order valence-corrected chi connectivity index (χ2v) is 6.84. The van der Waals surface area contributed by atoms with Crippen LogP contribution < -0.4 is 10.6 Å². The summed E-state index contributed by atoms with van der Waals surface area (Å²) in [5.41, 5.74) is 2.16. The minimum Gasteiger partial charge on any atom is -0.407 e. The average molecular weight is 391 g/mol. The Morgan fingerprint density at radius 3 is 2.72 bits per heavy atom. The molecule has 0 saturated heterocycles. The van der Waals surface area contributed by atoms with E-state index in [1.165, 1.54) is 0 Å². The molecule has 2 aromatic carbocycles. The van der Waals surface area contributed by atoms with Crippen molar-refractivity contribution in [2.45, 2.75) is 18.9 Å². The molecule has 148 valence electrons. The van der Waals surface area contributed by atoms with Gasteiger partial charge in [0.15, 0.2) is 11.7 Å². The second kappa shape index (κ2) is 8.24. The van der Waals surface area contributed by atoms with Gasteiger partial charge >= 0.3 is 6.01 Å². The molecule has 0 fully saturated rings. The first-order valence-electron chi connectivity index (χ1n) is 9.36. The number of β-amino-alcohol motifs (C(OH)–C–C–N with tert-alkyl or cyclic N) is 1. The van der Waals surface area contributed by atoms with Gasteiger partial charge in [-0.1, -0.05) is 53.6 Å². The van der Waals surface area contributed by atoms with E-state index in [-0.39, 0.29) is 17.7 Å². The highest BCUT2D eigenvalue weighted by Gasteiger charge is 2.19. The van der Waals surface area contributed by atoms with Gasteiger partial charge in [0.1, 0.15) is 0 Å². The number of carbonyl (C=O) groups is 1. The summed E-state index contributed by atoms with van der Waals surface area (Å²) in [4.78, 5) is 16.9. The number of guanidine groups is 1. The van der Waals surface area contributed by atoms with Crippen molar-refractivity contribution in [3.05, 3.63) is 77.2 Å². The highest BCUT2D eigenvalue weighted by atomic mass is 16.4. The van der Waals surface area contributed by atoms with Crippen molar-refractivity contribution in [3.8, 4) is 0 Å². The van der Waals surface area contributed by atoms with Gasteiger partial charge in [0, 0.05) is 17.7 Å². The van der Waals surface area contributed by atoms with Crippen LogP contribution in [-0.2, 0) is 0 Å². The van der Waals surface area contributed by atoms with Crippen LogP contribution in [0.4, 0.5) is 6.01 Å². The van der Waals surface area contributed by atoms with Gasteiger partial charge in [0.05, 0.1) is 18.6 Å². The molecule has 3 aromatic rings. The van der Waals surface area contributed by atoms with Crippen LogP contribution in [0.1, 0.15) is 40.2 Å². The maximum atomic E-state index is 12.7. The Bertz CT molecular complexity index is 1030. The van der Waals surface area contributed by atoms with Crippen LogP contribution in [0.25, 0.3) is 0 Å². The Kier molecular flexibility index (Phi) is 5.35. The summed E-state index contributed by atoms with van der Waals surface area (Å²) in [5, 5.41) is 23.4. The molecule has 0 bridgehead atoms. The summed E-state index contributed by atoms with van der Waals surface area (Å²) in [7, 11) is 0. The monoisotopic (exact) mass is 391 g/mol. The molecule has 1 aliphatic rings. The van der Waals surface area contributed by atoms with Gasteiger partial charge in [-0.2, -0.15) is 0 Å². The molecule has 8 nitrogen and oxygen atoms in total. The fourth-order valence-electron chi connectivity index (χ4n) is 3.02. The molecule has 1 aliphatic heterocycles. The lowest BCUT2D eigenvalue weighted by Crippen LogP contribution is -2.42. The molecule has 0 aliphatic carbocycles. The van der Waals surface area contributed by atoms with E-state index in [0.29, 0.717) is 36.1 Å². The van der Waals surface area contributed by atoms with Gasteiger partial charge in [-0.05, 0) is 18.6 Å². The molecular weight excluding hydrogens is 370 g/mol. The van der Waals surface area contributed by atoms with Crippen LogP contribution in [0.15, 0.2) is 64.0 Å². The number of aliphatic hydroxyl groups is 1. The number of nitrogens with one attached hydrogen (secondary N) is 2. The molecule has 0 spiro atoms. The van der Waals surface area contributed by atoms with Gasteiger partial charge in [-0.15, -0.1) is 5.10 Å². The third-order valence-corrected chi connectivity index (χ3v) is 4.69. The number of aliphatic imine (C=N–C) groups is 1. The minimum atomic E-state index is -0.496. The van der Waals surface area contributed by atoms with E-state index in [4.69, 9.17) is 4.42 Å². The van der Waals surface area contributed by atoms with Crippen molar-refractivity contribution >= 4 is 17.8 Å². The molecule has 0 radical (unpaired) electrons. The van der Waals surface area contributed by atoms with E-state index < -0.39 is 6.10 Å². The van der Waals surface area contributed by atoms with Crippen LogP contribution in [0.3, 0.4) is 0 Å². The van der Waals surface area contributed by atoms with Crippen molar-refractivity contribution in [1.29, 1.82) is 0 Å². The zero-order valence-electron chi connectivity index (χ0n) is 15.9. The first-order valence-corrected chi connectivity index (χ1v) is 9.36. The molecule has 2 unspecified atom stereocenters. The topological polar surface area (TPSA) is 113 Å². The lowest BCUT2D eigenvalue weighted by atomic mass is 9.96. The number of ketones is 1. The minimum absolute atomic E-state index is 0.0314. The highest BCUT2D eigenvalue weighted by Crippen LogP contribution is 2.25. The number of anilines is 1. The number of nitrogens with zero attached hydrogens (tertiary/aromatic N) is 3. The summed E-state index contributed by atoms with van der Waals surface area (Å²) in [6.45, 7) is 2.66. The van der Waals surface area contributed by atoms with Gasteiger partial charge in [-0.25, -0.2) is 0 Å². The standard InChI is InChI=1S/C21H21N5O3/c1-13(19-25-26-21(29-19)24-20-22-11-17(27)12-23-20)15-8-5-9-16(10-15)18(28)14-6-3-2-4-7-14/h2-10,13,17,27H,11-12H2,1H3,(H2,22,23,24,26). The maximum absolute atomic E-state index is 12.7. The number of aromatic nitrogens is 2. The second-order valence-electron chi connectivity index (χ2n) is 6.84. The van der Waals surface area contributed by atoms with Crippen molar-refractivity contribution < 1.29 is 14.3 Å². The molecule has 8 heteroatoms. The fourth-order valence-corrected chi connectivity index (χ4v) is 3.02. The molecular formula is C21H21N5O3. The molecule has 4 rings (SSSR count). The van der Waals surface area contributed by atoms with Crippen molar-refractivity contribution in [1.82, 2.24) is 15.5 Å². The molecule has 2 atom stereocenters. The summed E-state index contributed by atoms with van der Waals surface area (Å²) in [5.74, 6) is 0.683. The Morgan fingerprint density at radius 2 is 1.97 bits per heavy atom. The molecule has 0 saturated carbocycles.